The second-order valence-corrected chi connectivity index (χ2v) is 8.52. The topological polar surface area (TPSA) is 26.0 Å². The lowest BCUT2D eigenvalue weighted by atomic mass is 9.81. The number of hydrogen-bond donors (Lipinski definition) is 1. The van der Waals surface area contributed by atoms with Gasteiger partial charge in [0.1, 0.15) is 0 Å². The summed E-state index contributed by atoms with van der Waals surface area (Å²) >= 11 is 1.70. The summed E-state index contributed by atoms with van der Waals surface area (Å²) in [7, 11) is 0. The van der Waals surface area contributed by atoms with Crippen LogP contribution in [-0.2, 0) is 23.8 Å². The molecule has 1 nitrogen and oxygen atoms in total. The van der Waals surface area contributed by atoms with Crippen LogP contribution < -0.4 is 5.73 Å². The Morgan fingerprint density at radius 3 is 1.79 bits per heavy atom. The van der Waals surface area contributed by atoms with E-state index in [4.69, 9.17) is 5.73 Å². The van der Waals surface area contributed by atoms with E-state index in [-0.39, 0.29) is 0 Å². The summed E-state index contributed by atoms with van der Waals surface area (Å²) in [5.74, 6) is 0.698. The van der Waals surface area contributed by atoms with E-state index in [1.807, 2.05) is 24.3 Å². The Kier molecular flexibility index (Phi) is 5.45. The fourth-order valence-electron chi connectivity index (χ4n) is 4.23. The van der Waals surface area contributed by atoms with E-state index in [0.29, 0.717) is 12.3 Å². The van der Waals surface area contributed by atoms with Crippen molar-refractivity contribution >= 4 is 11.8 Å². The van der Waals surface area contributed by atoms with E-state index in [1.165, 1.54) is 23.3 Å². The number of nitrogens with two attached hydrogens (primary N) is 1. The third kappa shape index (κ3) is 3.58. The minimum atomic E-state index is -4.35. The molecular formula is C24H22F3NS. The van der Waals surface area contributed by atoms with Crippen molar-refractivity contribution in [2.24, 2.45) is 5.73 Å². The zero-order valence-corrected chi connectivity index (χ0v) is 16.7. The molecule has 0 unspecified atom stereocenters. The SMILES string of the molecule is NCCSC1(c2ccc(C(F)(F)F)cc2)c2ccccc2CCc2ccccc21. The standard InChI is InChI=1S/C24H22F3NS/c25-24(26,27)20-13-11-19(12-14-20)23(29-16-15-28)21-7-3-1-5-17(21)9-10-18-6-2-4-8-22(18)23/h1-8,11-14H,9-10,15-16,28H2. The predicted octanol–water partition coefficient (Wildman–Crippen LogP) is 5.79. The number of thioether (sulfide) groups is 1. The van der Waals surface area contributed by atoms with Crippen LogP contribution in [0, 0.1) is 0 Å². The van der Waals surface area contributed by atoms with Crippen LogP contribution in [-0.4, -0.2) is 12.3 Å². The number of alkyl halides is 3. The third-order valence-corrected chi connectivity index (χ3v) is 7.06. The largest absolute Gasteiger partial charge is 0.416 e. The minimum Gasteiger partial charge on any atom is -0.330 e. The molecule has 0 heterocycles. The molecule has 0 spiro atoms. The van der Waals surface area contributed by atoms with Crippen LogP contribution in [0.5, 0.6) is 0 Å². The summed E-state index contributed by atoms with van der Waals surface area (Å²) in [6.45, 7) is 0.497. The van der Waals surface area contributed by atoms with Gasteiger partial charge in [0.05, 0.1) is 10.3 Å². The quantitative estimate of drug-likeness (QED) is 0.586. The molecule has 2 N–H and O–H groups in total. The fourth-order valence-corrected chi connectivity index (χ4v) is 5.67. The second-order valence-electron chi connectivity index (χ2n) is 7.21. The van der Waals surface area contributed by atoms with Crippen LogP contribution in [0.3, 0.4) is 0 Å². The first-order chi connectivity index (χ1) is 14.0. The van der Waals surface area contributed by atoms with Gasteiger partial charge in [0.2, 0.25) is 0 Å². The highest BCUT2D eigenvalue weighted by Gasteiger charge is 2.41. The van der Waals surface area contributed by atoms with Gasteiger partial charge in [-0.15, -0.1) is 11.8 Å². The van der Waals surface area contributed by atoms with Crippen molar-refractivity contribution in [2.45, 2.75) is 23.8 Å². The molecule has 0 amide bonds. The highest BCUT2D eigenvalue weighted by molar-refractivity contribution is 8.00. The molecule has 3 aromatic rings. The molecule has 29 heavy (non-hydrogen) atoms. The van der Waals surface area contributed by atoms with Crippen molar-refractivity contribution in [1.82, 2.24) is 0 Å². The van der Waals surface area contributed by atoms with E-state index in [9.17, 15) is 13.2 Å². The summed E-state index contributed by atoms with van der Waals surface area (Å²) in [6, 6.07) is 22.2. The number of halogens is 3. The molecule has 150 valence electrons. The molecule has 3 aromatic carbocycles. The Bertz CT molecular complexity index is 948. The lowest BCUT2D eigenvalue weighted by Gasteiger charge is -2.37. The Morgan fingerprint density at radius 1 is 0.793 bits per heavy atom. The van der Waals surface area contributed by atoms with Gasteiger partial charge in [-0.2, -0.15) is 13.2 Å². The lowest BCUT2D eigenvalue weighted by Crippen LogP contribution is -2.28. The summed E-state index contributed by atoms with van der Waals surface area (Å²) in [5.41, 5.74) is 10.8. The number of fused-ring (bicyclic) bond motifs is 2. The summed E-state index contributed by atoms with van der Waals surface area (Å²) < 4.78 is 39.0. The van der Waals surface area contributed by atoms with Crippen LogP contribution in [0.25, 0.3) is 0 Å². The van der Waals surface area contributed by atoms with Crippen molar-refractivity contribution < 1.29 is 13.2 Å². The van der Waals surface area contributed by atoms with Crippen molar-refractivity contribution in [3.05, 3.63) is 106 Å². The highest BCUT2D eigenvalue weighted by Crippen LogP contribution is 2.52. The third-order valence-electron chi connectivity index (χ3n) is 5.51. The molecule has 0 saturated carbocycles. The van der Waals surface area contributed by atoms with Gasteiger partial charge in [-0.05, 0) is 52.8 Å². The van der Waals surface area contributed by atoms with Crippen LogP contribution in [0.15, 0.2) is 72.8 Å². The van der Waals surface area contributed by atoms with E-state index in [2.05, 4.69) is 24.3 Å². The maximum atomic E-state index is 13.2. The van der Waals surface area contributed by atoms with Crippen molar-refractivity contribution in [3.8, 4) is 0 Å². The Morgan fingerprint density at radius 2 is 1.31 bits per heavy atom. The van der Waals surface area contributed by atoms with Crippen LogP contribution in [0.2, 0.25) is 0 Å². The minimum absolute atomic E-state index is 0.497. The smallest absolute Gasteiger partial charge is 0.330 e. The van der Waals surface area contributed by atoms with E-state index in [0.717, 1.165) is 29.5 Å². The zero-order chi connectivity index (χ0) is 20.5. The van der Waals surface area contributed by atoms with Crippen molar-refractivity contribution in [1.29, 1.82) is 0 Å². The molecule has 0 fully saturated rings. The van der Waals surface area contributed by atoms with Gasteiger partial charge in [0.15, 0.2) is 0 Å². The number of aryl methyl sites for hydroxylation is 2. The van der Waals surface area contributed by atoms with Crippen LogP contribution in [0.4, 0.5) is 13.2 Å². The molecular weight excluding hydrogens is 391 g/mol. The maximum Gasteiger partial charge on any atom is 0.416 e. The first kappa shape index (κ1) is 20.0. The molecule has 5 heteroatoms. The molecule has 0 atom stereocenters. The number of benzene rings is 3. The average molecular weight is 414 g/mol. The second kappa shape index (κ2) is 7.88. The molecule has 0 aliphatic heterocycles. The van der Waals surface area contributed by atoms with Gasteiger partial charge in [-0.1, -0.05) is 60.7 Å². The van der Waals surface area contributed by atoms with Gasteiger partial charge < -0.3 is 5.73 Å². The van der Waals surface area contributed by atoms with Gasteiger partial charge in [0, 0.05) is 12.3 Å². The van der Waals surface area contributed by atoms with E-state index >= 15 is 0 Å². The molecule has 0 radical (unpaired) electrons. The highest BCUT2D eigenvalue weighted by atomic mass is 32.2. The van der Waals surface area contributed by atoms with Crippen LogP contribution in [0.1, 0.15) is 33.4 Å². The number of hydrogen-bond acceptors (Lipinski definition) is 2. The molecule has 0 saturated heterocycles. The zero-order valence-electron chi connectivity index (χ0n) is 15.9. The Hall–Kier alpha value is -2.24. The molecule has 1 aliphatic rings. The predicted molar refractivity (Wildman–Crippen MR) is 113 cm³/mol. The molecule has 0 aromatic heterocycles. The van der Waals surface area contributed by atoms with Crippen molar-refractivity contribution in [3.63, 3.8) is 0 Å². The monoisotopic (exact) mass is 413 g/mol. The van der Waals surface area contributed by atoms with Gasteiger partial charge in [0.25, 0.3) is 0 Å². The molecule has 4 rings (SSSR count). The summed E-state index contributed by atoms with van der Waals surface area (Å²) in [6.07, 6.45) is -2.55. The van der Waals surface area contributed by atoms with Crippen molar-refractivity contribution in [2.75, 3.05) is 12.3 Å². The lowest BCUT2D eigenvalue weighted by molar-refractivity contribution is -0.137. The van der Waals surface area contributed by atoms with Crippen LogP contribution >= 0.6 is 11.8 Å². The Labute approximate surface area is 173 Å². The van der Waals surface area contributed by atoms with Gasteiger partial charge in [-0.3, -0.25) is 0 Å². The maximum absolute atomic E-state index is 13.2. The van der Waals surface area contributed by atoms with E-state index in [1.54, 1.807) is 23.9 Å². The van der Waals surface area contributed by atoms with E-state index < -0.39 is 16.5 Å². The fraction of sp³-hybridized carbons (Fsp3) is 0.250. The molecule has 0 bridgehead atoms. The van der Waals surface area contributed by atoms with Gasteiger partial charge >= 0.3 is 6.18 Å². The Balaban J connectivity index is 2.01. The first-order valence-corrected chi connectivity index (χ1v) is 10.6. The normalized spacial score (nSPS) is 15.3. The summed E-state index contributed by atoms with van der Waals surface area (Å²) in [4.78, 5) is 0. The number of rotatable bonds is 4. The first-order valence-electron chi connectivity index (χ1n) is 9.65. The molecule has 1 aliphatic carbocycles. The average Bonchev–Trinajstić information content (AvgIpc) is 2.87. The van der Waals surface area contributed by atoms with Gasteiger partial charge in [-0.25, -0.2) is 0 Å². The summed E-state index contributed by atoms with van der Waals surface area (Å²) in [5, 5.41) is 0.